The molecule has 0 unspecified atom stereocenters. The molecule has 0 fully saturated rings. The van der Waals surface area contributed by atoms with E-state index in [-0.39, 0.29) is 12.4 Å². The maximum absolute atomic E-state index is 11.0. The number of hydrogen-bond donors (Lipinski definition) is 0. The first-order valence-corrected chi connectivity index (χ1v) is 6.37. The molecular formula is C11H11NO4S. The Labute approximate surface area is 99.4 Å². The van der Waals surface area contributed by atoms with Crippen LogP contribution in [-0.2, 0) is 21.4 Å². The summed E-state index contributed by atoms with van der Waals surface area (Å²) in [4.78, 5) is 0. The minimum absolute atomic E-state index is 0.243. The van der Waals surface area contributed by atoms with E-state index in [9.17, 15) is 8.42 Å². The summed E-state index contributed by atoms with van der Waals surface area (Å²) in [5.74, 6) is 0.973. The van der Waals surface area contributed by atoms with Crippen LogP contribution >= 0.6 is 0 Å². The molecule has 0 radical (unpaired) electrons. The fourth-order valence-corrected chi connectivity index (χ4v) is 2.07. The van der Waals surface area contributed by atoms with Crippen LogP contribution in [0.3, 0.4) is 0 Å². The molecule has 0 atom stereocenters. The third kappa shape index (κ3) is 3.07. The zero-order valence-electron chi connectivity index (χ0n) is 9.16. The molecule has 17 heavy (non-hydrogen) atoms. The highest BCUT2D eigenvalue weighted by molar-refractivity contribution is 7.93. The summed E-state index contributed by atoms with van der Waals surface area (Å²) in [5, 5.41) is 0.993. The van der Waals surface area contributed by atoms with Crippen molar-refractivity contribution < 1.29 is 17.9 Å². The van der Waals surface area contributed by atoms with Crippen molar-refractivity contribution in [2.45, 2.75) is 6.61 Å². The number of ether oxygens (including phenoxy) is 2. The predicted octanol–water partition coefficient (Wildman–Crippen LogP) is 1.47. The smallest absolute Gasteiger partial charge is 0.279 e. The molecule has 1 aromatic carbocycles. The summed E-state index contributed by atoms with van der Waals surface area (Å²) in [6.45, 7) is 0.268. The number of sulfonamides is 1. The van der Waals surface area contributed by atoms with Gasteiger partial charge in [0, 0.05) is 0 Å². The molecule has 5 nitrogen and oxygen atoms in total. The molecule has 1 heterocycles. The molecule has 1 aliphatic rings. The van der Waals surface area contributed by atoms with Crippen LogP contribution in [0.5, 0.6) is 5.75 Å². The lowest BCUT2D eigenvalue weighted by Crippen LogP contribution is -1.94. The van der Waals surface area contributed by atoms with Gasteiger partial charge in [0.2, 0.25) is 0 Å². The first kappa shape index (κ1) is 11.7. The first-order valence-electron chi connectivity index (χ1n) is 4.87. The highest BCUT2D eigenvalue weighted by Gasteiger charge is 2.13. The van der Waals surface area contributed by atoms with Crippen molar-refractivity contribution >= 4 is 16.2 Å². The molecule has 0 amide bonds. The third-order valence-corrected chi connectivity index (χ3v) is 3.06. The Bertz CT molecular complexity index is 575. The van der Waals surface area contributed by atoms with E-state index in [0.29, 0.717) is 0 Å². The van der Waals surface area contributed by atoms with Gasteiger partial charge in [0.05, 0.1) is 18.7 Å². The van der Waals surface area contributed by atoms with Gasteiger partial charge in [-0.15, -0.1) is 0 Å². The van der Waals surface area contributed by atoms with Crippen LogP contribution in [0.1, 0.15) is 5.56 Å². The Balaban J connectivity index is 2.01. The zero-order chi connectivity index (χ0) is 12.3. The maximum Gasteiger partial charge on any atom is 0.279 e. The molecule has 0 spiro atoms. The summed E-state index contributed by atoms with van der Waals surface area (Å²) in [6, 6.07) is 7.35. The number of methoxy groups -OCH3 is 1. The average Bonchev–Trinajstić information content (AvgIpc) is 2.67. The van der Waals surface area contributed by atoms with Gasteiger partial charge in [-0.2, -0.15) is 12.8 Å². The quantitative estimate of drug-likeness (QED) is 0.815. The minimum Gasteiger partial charge on any atom is -0.497 e. The van der Waals surface area contributed by atoms with Crippen molar-refractivity contribution in [3.8, 4) is 5.75 Å². The Kier molecular flexibility index (Phi) is 3.14. The molecule has 6 heteroatoms. The van der Waals surface area contributed by atoms with Crippen LogP contribution in [0.2, 0.25) is 0 Å². The predicted molar refractivity (Wildman–Crippen MR) is 63.3 cm³/mol. The minimum atomic E-state index is -3.45. The van der Waals surface area contributed by atoms with Crippen molar-refractivity contribution in [2.24, 2.45) is 4.40 Å². The molecule has 0 bridgehead atoms. The fourth-order valence-electron chi connectivity index (χ4n) is 1.33. The van der Waals surface area contributed by atoms with Gasteiger partial charge < -0.3 is 9.47 Å². The summed E-state index contributed by atoms with van der Waals surface area (Å²) < 4.78 is 35.6. The van der Waals surface area contributed by atoms with E-state index in [2.05, 4.69) is 4.40 Å². The Hall–Kier alpha value is -1.82. The number of hydrogen-bond acceptors (Lipinski definition) is 4. The Morgan fingerprint density at radius 3 is 2.82 bits per heavy atom. The highest BCUT2D eigenvalue weighted by Crippen LogP contribution is 2.16. The summed E-state index contributed by atoms with van der Waals surface area (Å²) in [7, 11) is -1.87. The van der Waals surface area contributed by atoms with E-state index in [0.717, 1.165) is 16.7 Å². The van der Waals surface area contributed by atoms with Gasteiger partial charge in [-0.25, -0.2) is 0 Å². The Morgan fingerprint density at radius 2 is 2.18 bits per heavy atom. The van der Waals surface area contributed by atoms with Gasteiger partial charge >= 0.3 is 0 Å². The molecule has 0 saturated carbocycles. The molecule has 2 rings (SSSR count). The van der Waals surface area contributed by atoms with Gasteiger partial charge in [-0.05, 0) is 17.7 Å². The van der Waals surface area contributed by atoms with E-state index in [4.69, 9.17) is 9.47 Å². The second-order valence-corrected chi connectivity index (χ2v) is 4.89. The number of nitrogens with zero attached hydrogens (tertiary/aromatic N) is 1. The molecule has 1 aliphatic heterocycles. The second kappa shape index (κ2) is 4.58. The largest absolute Gasteiger partial charge is 0.497 e. The van der Waals surface area contributed by atoms with E-state index in [1.807, 2.05) is 24.3 Å². The molecule has 1 aromatic rings. The summed E-state index contributed by atoms with van der Waals surface area (Å²) >= 11 is 0. The fraction of sp³-hybridized carbons (Fsp3) is 0.182. The molecular weight excluding hydrogens is 242 g/mol. The summed E-state index contributed by atoms with van der Waals surface area (Å²) in [6.07, 6.45) is 1.19. The van der Waals surface area contributed by atoms with Crippen LogP contribution in [0.4, 0.5) is 0 Å². The van der Waals surface area contributed by atoms with Crippen molar-refractivity contribution in [2.75, 3.05) is 7.11 Å². The lowest BCUT2D eigenvalue weighted by Gasteiger charge is -2.05. The maximum atomic E-state index is 11.0. The van der Waals surface area contributed by atoms with E-state index < -0.39 is 10.0 Å². The molecule has 0 N–H and O–H groups in total. The third-order valence-electron chi connectivity index (χ3n) is 2.13. The second-order valence-electron chi connectivity index (χ2n) is 3.41. The van der Waals surface area contributed by atoms with Gasteiger partial charge in [0.15, 0.2) is 5.76 Å². The first-order chi connectivity index (χ1) is 8.09. The lowest BCUT2D eigenvalue weighted by atomic mass is 10.2. The molecule has 90 valence electrons. The van der Waals surface area contributed by atoms with Gasteiger partial charge in [-0.3, -0.25) is 0 Å². The average molecular weight is 253 g/mol. The summed E-state index contributed by atoms with van der Waals surface area (Å²) in [5.41, 5.74) is 0.892. The lowest BCUT2D eigenvalue weighted by molar-refractivity contribution is 0.220. The topological polar surface area (TPSA) is 65.0 Å². The number of benzene rings is 1. The molecule has 0 saturated heterocycles. The van der Waals surface area contributed by atoms with Gasteiger partial charge in [0.25, 0.3) is 10.0 Å². The monoisotopic (exact) mass is 253 g/mol. The van der Waals surface area contributed by atoms with E-state index in [1.54, 1.807) is 7.11 Å². The van der Waals surface area contributed by atoms with Crippen molar-refractivity contribution in [1.29, 1.82) is 0 Å². The van der Waals surface area contributed by atoms with Crippen LogP contribution in [-0.4, -0.2) is 21.7 Å². The van der Waals surface area contributed by atoms with Crippen LogP contribution < -0.4 is 4.74 Å². The van der Waals surface area contributed by atoms with Crippen LogP contribution in [0, 0.1) is 0 Å². The molecule has 0 aliphatic carbocycles. The van der Waals surface area contributed by atoms with Crippen molar-refractivity contribution in [3.05, 3.63) is 41.0 Å². The zero-order valence-corrected chi connectivity index (χ0v) is 9.98. The Morgan fingerprint density at radius 1 is 1.35 bits per heavy atom. The van der Waals surface area contributed by atoms with Crippen LogP contribution in [0.25, 0.3) is 0 Å². The van der Waals surface area contributed by atoms with Gasteiger partial charge in [-0.1, -0.05) is 12.1 Å². The van der Waals surface area contributed by atoms with Crippen molar-refractivity contribution in [3.63, 3.8) is 0 Å². The number of rotatable bonds is 4. The van der Waals surface area contributed by atoms with E-state index in [1.165, 1.54) is 6.21 Å². The van der Waals surface area contributed by atoms with Crippen molar-refractivity contribution in [1.82, 2.24) is 0 Å². The molecule has 0 aromatic heterocycles. The highest BCUT2D eigenvalue weighted by atomic mass is 32.2. The number of allylic oxidation sites excluding steroid dienone is 1. The normalized spacial score (nSPS) is 16.6. The standard InChI is InChI=1S/C11H11NO4S/c1-15-10-4-2-3-9(5-10)7-16-11-6-12-17(13,14)8-11/h2-6,8H,7H2,1H3. The van der Waals surface area contributed by atoms with E-state index >= 15 is 0 Å². The SMILES string of the molecule is COc1cccc(COC2=CS(=O)(=O)N=C2)c1. The van der Waals surface area contributed by atoms with Gasteiger partial charge in [0.1, 0.15) is 12.4 Å². The van der Waals surface area contributed by atoms with Crippen LogP contribution in [0.15, 0.2) is 39.8 Å².